The highest BCUT2D eigenvalue weighted by atomic mass is 35.5. The van der Waals surface area contributed by atoms with Crippen LogP contribution in [0.25, 0.3) is 0 Å². The van der Waals surface area contributed by atoms with Gasteiger partial charge in [-0.15, -0.1) is 12.4 Å². The Morgan fingerprint density at radius 2 is 1.96 bits per heavy atom. The molecule has 0 bridgehead atoms. The van der Waals surface area contributed by atoms with Crippen molar-refractivity contribution in [2.45, 2.75) is 38.3 Å². The number of likely N-dealkylation sites (N-methyl/N-ethyl adjacent to an activating group) is 1. The summed E-state index contributed by atoms with van der Waals surface area (Å²) in [6.07, 6.45) is 2.16. The zero-order chi connectivity index (χ0) is 16.8. The maximum Gasteiger partial charge on any atom is 0.244 e. The molecular weight excluding hydrogens is 326 g/mol. The van der Waals surface area contributed by atoms with Crippen molar-refractivity contribution in [2.24, 2.45) is 5.92 Å². The summed E-state index contributed by atoms with van der Waals surface area (Å²) in [5, 5.41) is 6.32. The molecule has 1 aromatic carbocycles. The van der Waals surface area contributed by atoms with Crippen LogP contribution in [0.15, 0.2) is 30.3 Å². The molecule has 0 aliphatic carbocycles. The molecule has 1 aromatic rings. The Morgan fingerprint density at radius 3 is 2.54 bits per heavy atom. The summed E-state index contributed by atoms with van der Waals surface area (Å²) in [5.74, 6) is -0.0850. The van der Waals surface area contributed by atoms with Crippen molar-refractivity contribution in [3.05, 3.63) is 35.9 Å². The van der Waals surface area contributed by atoms with Gasteiger partial charge in [-0.05, 0) is 31.9 Å². The summed E-state index contributed by atoms with van der Waals surface area (Å²) in [7, 11) is 3.44. The van der Waals surface area contributed by atoms with Crippen molar-refractivity contribution in [3.63, 3.8) is 0 Å². The molecule has 1 aliphatic heterocycles. The molecule has 1 heterocycles. The number of halogens is 1. The number of carbonyl (C=O) groups excluding carboxylic acids is 2. The number of hydrogen-bond donors (Lipinski definition) is 2. The van der Waals surface area contributed by atoms with E-state index in [4.69, 9.17) is 0 Å². The summed E-state index contributed by atoms with van der Waals surface area (Å²) in [6, 6.07) is 9.64. The standard InChI is InChI=1S/C18H27N3O2.ClH/c1-13-11-15(9-10-19-13)17(22)20-16(18(23)21(2)3)12-14-7-5-4-6-8-14;/h4-8,13,15-16,19H,9-12H2,1-3H3,(H,20,22);1H/t13-,15-,16?;/m0./s1. The van der Waals surface area contributed by atoms with Crippen molar-refractivity contribution in [3.8, 4) is 0 Å². The summed E-state index contributed by atoms with van der Waals surface area (Å²) >= 11 is 0. The predicted molar refractivity (Wildman–Crippen MR) is 98.2 cm³/mol. The lowest BCUT2D eigenvalue weighted by Crippen LogP contribution is -2.51. The summed E-state index contributed by atoms with van der Waals surface area (Å²) in [5.41, 5.74) is 1.05. The smallest absolute Gasteiger partial charge is 0.244 e. The van der Waals surface area contributed by atoms with Gasteiger partial charge in [0.25, 0.3) is 0 Å². The molecule has 2 N–H and O–H groups in total. The van der Waals surface area contributed by atoms with Crippen LogP contribution in [0.1, 0.15) is 25.3 Å². The third-order valence-corrected chi connectivity index (χ3v) is 4.33. The van der Waals surface area contributed by atoms with Crippen LogP contribution >= 0.6 is 12.4 Å². The Balaban J connectivity index is 0.00000288. The lowest BCUT2D eigenvalue weighted by molar-refractivity contribution is -0.136. The van der Waals surface area contributed by atoms with E-state index in [0.29, 0.717) is 12.5 Å². The first kappa shape index (κ1) is 20.5. The van der Waals surface area contributed by atoms with Gasteiger partial charge in [-0.3, -0.25) is 9.59 Å². The molecule has 1 unspecified atom stereocenters. The number of piperidine rings is 1. The average Bonchev–Trinajstić information content (AvgIpc) is 2.54. The molecule has 0 saturated carbocycles. The molecule has 1 saturated heterocycles. The van der Waals surface area contributed by atoms with E-state index < -0.39 is 6.04 Å². The van der Waals surface area contributed by atoms with Crippen LogP contribution < -0.4 is 10.6 Å². The fourth-order valence-corrected chi connectivity index (χ4v) is 3.02. The zero-order valence-corrected chi connectivity index (χ0v) is 15.4. The SMILES string of the molecule is C[C@H]1C[C@@H](C(=O)NC(Cc2ccccc2)C(=O)N(C)C)CCN1.Cl. The average molecular weight is 354 g/mol. The second-order valence-electron chi connectivity index (χ2n) is 6.56. The van der Waals surface area contributed by atoms with Gasteiger partial charge in [0.2, 0.25) is 11.8 Å². The fourth-order valence-electron chi connectivity index (χ4n) is 3.02. The molecule has 3 atom stereocenters. The highest BCUT2D eigenvalue weighted by molar-refractivity contribution is 5.88. The van der Waals surface area contributed by atoms with E-state index >= 15 is 0 Å². The van der Waals surface area contributed by atoms with Gasteiger partial charge in [0, 0.05) is 32.5 Å². The van der Waals surface area contributed by atoms with Gasteiger partial charge in [-0.25, -0.2) is 0 Å². The van der Waals surface area contributed by atoms with Gasteiger partial charge in [0.1, 0.15) is 6.04 Å². The molecule has 5 nitrogen and oxygen atoms in total. The molecule has 134 valence electrons. The first-order chi connectivity index (χ1) is 11.0. The van der Waals surface area contributed by atoms with Crippen LogP contribution in [-0.4, -0.2) is 49.4 Å². The second kappa shape index (κ2) is 9.64. The minimum absolute atomic E-state index is 0. The van der Waals surface area contributed by atoms with Gasteiger partial charge >= 0.3 is 0 Å². The predicted octanol–water partition coefficient (Wildman–Crippen LogP) is 1.61. The Hall–Kier alpha value is -1.59. The Labute approximate surface area is 150 Å². The lowest BCUT2D eigenvalue weighted by Gasteiger charge is -2.29. The van der Waals surface area contributed by atoms with E-state index in [-0.39, 0.29) is 30.1 Å². The third-order valence-electron chi connectivity index (χ3n) is 4.33. The minimum atomic E-state index is -0.509. The van der Waals surface area contributed by atoms with Crippen molar-refractivity contribution in [1.29, 1.82) is 0 Å². The van der Waals surface area contributed by atoms with Crippen LogP contribution in [0.5, 0.6) is 0 Å². The lowest BCUT2D eigenvalue weighted by atomic mass is 9.92. The Kier molecular flexibility index (Phi) is 8.22. The molecule has 0 aromatic heterocycles. The highest BCUT2D eigenvalue weighted by Crippen LogP contribution is 2.17. The minimum Gasteiger partial charge on any atom is -0.347 e. The van der Waals surface area contributed by atoms with Gasteiger partial charge < -0.3 is 15.5 Å². The maximum atomic E-state index is 12.6. The molecular formula is C18H28ClN3O2. The molecule has 24 heavy (non-hydrogen) atoms. The van der Waals surface area contributed by atoms with Gasteiger partial charge in [-0.1, -0.05) is 30.3 Å². The van der Waals surface area contributed by atoms with Crippen molar-refractivity contribution in [2.75, 3.05) is 20.6 Å². The monoisotopic (exact) mass is 353 g/mol. The first-order valence-corrected chi connectivity index (χ1v) is 8.26. The molecule has 1 fully saturated rings. The van der Waals surface area contributed by atoms with Crippen LogP contribution in [0.3, 0.4) is 0 Å². The Bertz CT molecular complexity index is 536. The highest BCUT2D eigenvalue weighted by Gasteiger charge is 2.29. The normalized spacial score (nSPS) is 21.3. The number of hydrogen-bond acceptors (Lipinski definition) is 3. The number of rotatable bonds is 5. The molecule has 0 radical (unpaired) electrons. The van der Waals surface area contributed by atoms with Gasteiger partial charge in [0.15, 0.2) is 0 Å². The molecule has 6 heteroatoms. The molecule has 1 aliphatic rings. The maximum absolute atomic E-state index is 12.6. The second-order valence-corrected chi connectivity index (χ2v) is 6.56. The van der Waals surface area contributed by atoms with Crippen molar-refractivity contribution >= 4 is 24.2 Å². The zero-order valence-electron chi connectivity index (χ0n) is 14.6. The van der Waals surface area contributed by atoms with E-state index in [2.05, 4.69) is 17.6 Å². The van der Waals surface area contributed by atoms with E-state index in [1.54, 1.807) is 19.0 Å². The van der Waals surface area contributed by atoms with Crippen LogP contribution in [0, 0.1) is 5.92 Å². The number of benzene rings is 1. The van der Waals surface area contributed by atoms with E-state index in [1.807, 2.05) is 30.3 Å². The van der Waals surface area contributed by atoms with E-state index in [1.165, 1.54) is 0 Å². The largest absolute Gasteiger partial charge is 0.347 e. The number of nitrogens with zero attached hydrogens (tertiary/aromatic N) is 1. The molecule has 2 rings (SSSR count). The summed E-state index contributed by atoms with van der Waals surface area (Å²) in [4.78, 5) is 26.5. The number of amides is 2. The quantitative estimate of drug-likeness (QED) is 0.845. The fraction of sp³-hybridized carbons (Fsp3) is 0.556. The van der Waals surface area contributed by atoms with Crippen molar-refractivity contribution in [1.82, 2.24) is 15.5 Å². The first-order valence-electron chi connectivity index (χ1n) is 8.26. The van der Waals surface area contributed by atoms with Gasteiger partial charge in [-0.2, -0.15) is 0 Å². The van der Waals surface area contributed by atoms with E-state index in [0.717, 1.165) is 24.9 Å². The topological polar surface area (TPSA) is 61.4 Å². The third kappa shape index (κ3) is 5.80. The van der Waals surface area contributed by atoms with Gasteiger partial charge in [0.05, 0.1) is 0 Å². The van der Waals surface area contributed by atoms with Crippen molar-refractivity contribution < 1.29 is 9.59 Å². The molecule has 0 spiro atoms. The molecule has 2 amide bonds. The van der Waals surface area contributed by atoms with E-state index in [9.17, 15) is 9.59 Å². The van der Waals surface area contributed by atoms with Crippen LogP contribution in [-0.2, 0) is 16.0 Å². The van der Waals surface area contributed by atoms with Crippen LogP contribution in [0.4, 0.5) is 0 Å². The summed E-state index contributed by atoms with van der Waals surface area (Å²) < 4.78 is 0. The Morgan fingerprint density at radius 1 is 1.29 bits per heavy atom. The number of nitrogens with one attached hydrogen (secondary N) is 2. The number of carbonyl (C=O) groups is 2. The summed E-state index contributed by atoms with van der Waals surface area (Å²) in [6.45, 7) is 2.94. The van der Waals surface area contributed by atoms with Crippen LogP contribution in [0.2, 0.25) is 0 Å².